The second kappa shape index (κ2) is 5.98. The summed E-state index contributed by atoms with van der Waals surface area (Å²) in [5.74, 6) is -0.416. The molecule has 9 heteroatoms. The number of hydrogen-bond acceptors (Lipinski definition) is 5. The fourth-order valence-electron chi connectivity index (χ4n) is 2.10. The minimum Gasteiger partial charge on any atom is -0.367 e. The third-order valence-electron chi connectivity index (χ3n) is 3.05. The molecule has 7 nitrogen and oxygen atoms in total. The molecule has 0 aliphatic carbocycles. The number of rotatable bonds is 4. The van der Waals surface area contributed by atoms with Gasteiger partial charge in [0.25, 0.3) is 0 Å². The summed E-state index contributed by atoms with van der Waals surface area (Å²) in [5, 5.41) is 17.3. The molecule has 0 aliphatic heterocycles. The van der Waals surface area contributed by atoms with Gasteiger partial charge in [0.2, 0.25) is 0 Å². The van der Waals surface area contributed by atoms with Crippen molar-refractivity contribution in [1.29, 1.82) is 0 Å². The number of halogens is 1. The first-order valence-electron chi connectivity index (χ1n) is 6.43. The van der Waals surface area contributed by atoms with Gasteiger partial charge >= 0.3 is 0 Å². The maximum absolute atomic E-state index is 14.4. The van der Waals surface area contributed by atoms with E-state index in [2.05, 4.69) is 30.8 Å². The predicted octanol–water partition coefficient (Wildman–Crippen LogP) is 1.55. The van der Waals surface area contributed by atoms with E-state index in [1.165, 1.54) is 23.4 Å². The molecule has 0 spiro atoms. The lowest BCUT2D eigenvalue weighted by Gasteiger charge is -2.17. The summed E-state index contributed by atoms with van der Waals surface area (Å²) in [5.41, 5.74) is 1.62. The van der Waals surface area contributed by atoms with E-state index in [0.717, 1.165) is 0 Å². The average molecular weight is 317 g/mol. The molecule has 0 bridgehead atoms. The number of nitrogens with one attached hydrogen (secondary N) is 2. The second-order valence-corrected chi connectivity index (χ2v) is 5.20. The van der Waals surface area contributed by atoms with Crippen LogP contribution in [0.3, 0.4) is 0 Å². The van der Waals surface area contributed by atoms with Crippen LogP contribution in [0.25, 0.3) is 5.69 Å². The highest BCUT2D eigenvalue weighted by molar-refractivity contribution is 7.80. The van der Waals surface area contributed by atoms with Crippen molar-refractivity contribution in [2.45, 2.75) is 13.0 Å². The van der Waals surface area contributed by atoms with E-state index in [1.807, 2.05) is 0 Å². The van der Waals surface area contributed by atoms with Crippen molar-refractivity contribution in [2.24, 2.45) is 0 Å². The highest BCUT2D eigenvalue weighted by Gasteiger charge is 2.19. The third kappa shape index (κ3) is 2.84. The maximum Gasteiger partial charge on any atom is 0.149 e. The average Bonchev–Trinajstić information content (AvgIpc) is 3.17. The van der Waals surface area contributed by atoms with Crippen LogP contribution in [0.1, 0.15) is 24.2 Å². The van der Waals surface area contributed by atoms with Crippen molar-refractivity contribution in [3.05, 3.63) is 54.1 Å². The van der Waals surface area contributed by atoms with Gasteiger partial charge in [0.15, 0.2) is 0 Å². The number of aromatic amines is 1. The second-order valence-electron chi connectivity index (χ2n) is 4.58. The Labute approximate surface area is 130 Å². The van der Waals surface area contributed by atoms with Gasteiger partial charge < -0.3 is 5.32 Å². The van der Waals surface area contributed by atoms with E-state index >= 15 is 0 Å². The number of aromatic nitrogens is 6. The van der Waals surface area contributed by atoms with Gasteiger partial charge in [-0.3, -0.25) is 5.10 Å². The van der Waals surface area contributed by atoms with Crippen LogP contribution >= 0.6 is 12.2 Å². The van der Waals surface area contributed by atoms with Crippen molar-refractivity contribution in [2.75, 3.05) is 0 Å². The van der Waals surface area contributed by atoms with E-state index in [1.54, 1.807) is 25.3 Å². The van der Waals surface area contributed by atoms with Crippen LogP contribution < -0.4 is 5.32 Å². The molecule has 2 heterocycles. The number of H-pyrrole nitrogens is 1. The van der Waals surface area contributed by atoms with Crippen molar-refractivity contribution in [3.63, 3.8) is 0 Å². The Morgan fingerprint density at radius 2 is 2.32 bits per heavy atom. The van der Waals surface area contributed by atoms with Crippen molar-refractivity contribution < 1.29 is 4.39 Å². The highest BCUT2D eigenvalue weighted by Crippen LogP contribution is 2.23. The summed E-state index contributed by atoms with van der Waals surface area (Å²) in [6.07, 6.45) is 4.43. The van der Waals surface area contributed by atoms with Crippen LogP contribution in [0.2, 0.25) is 0 Å². The van der Waals surface area contributed by atoms with Gasteiger partial charge in [0.05, 0.1) is 11.0 Å². The van der Waals surface area contributed by atoms with Crippen LogP contribution in [0, 0.1) is 5.82 Å². The first kappa shape index (κ1) is 14.3. The molecule has 1 atom stereocenters. The van der Waals surface area contributed by atoms with Gasteiger partial charge in [-0.2, -0.15) is 5.10 Å². The van der Waals surface area contributed by atoms with Crippen molar-refractivity contribution >= 4 is 17.2 Å². The Morgan fingerprint density at radius 1 is 1.45 bits per heavy atom. The summed E-state index contributed by atoms with van der Waals surface area (Å²) in [6, 6.07) is 4.45. The van der Waals surface area contributed by atoms with Crippen LogP contribution in [0.15, 0.2) is 37.1 Å². The molecular weight excluding hydrogens is 305 g/mol. The van der Waals surface area contributed by atoms with Gasteiger partial charge in [-0.1, -0.05) is 23.5 Å². The van der Waals surface area contributed by atoms with E-state index in [0.29, 0.717) is 21.9 Å². The maximum atomic E-state index is 14.4. The zero-order valence-electron chi connectivity index (χ0n) is 11.6. The predicted molar refractivity (Wildman–Crippen MR) is 81.0 cm³/mol. The Balaban J connectivity index is 1.98. The number of thiocarbonyl (C=S) groups is 1. The normalized spacial score (nSPS) is 12.1. The molecule has 0 amide bonds. The number of nitrogens with zero attached hydrogens (tertiary/aromatic N) is 5. The summed E-state index contributed by atoms with van der Waals surface area (Å²) in [6.45, 7) is 1.75. The number of benzene rings is 1. The van der Waals surface area contributed by atoms with Crippen LogP contribution in [-0.4, -0.2) is 35.2 Å². The molecule has 1 aromatic carbocycles. The molecular formula is C13H12FN7S. The lowest BCUT2D eigenvalue weighted by molar-refractivity contribution is 0.604. The van der Waals surface area contributed by atoms with E-state index in [-0.39, 0.29) is 6.04 Å². The first-order chi connectivity index (χ1) is 10.6. The molecule has 0 saturated heterocycles. The molecule has 22 heavy (non-hydrogen) atoms. The summed E-state index contributed by atoms with van der Waals surface area (Å²) >= 11 is 5.08. The minimum atomic E-state index is -0.416. The van der Waals surface area contributed by atoms with E-state index in [9.17, 15) is 4.39 Å². The standard InChI is InChI=1S/C13H12FN7S/c1-8(22)18-13(11-5-16-20-19-11)9-2-3-12(10(14)4-9)21-7-15-6-17-21/h2-7,13H,1H3,(H,18,22)(H,16,19,20). The Bertz CT molecular complexity index is 770. The quantitative estimate of drug-likeness (QED) is 0.710. The Hall–Kier alpha value is -2.68. The molecule has 0 fully saturated rings. The summed E-state index contributed by atoms with van der Waals surface area (Å²) in [7, 11) is 0. The topological polar surface area (TPSA) is 84.3 Å². The summed E-state index contributed by atoms with van der Waals surface area (Å²) in [4.78, 5) is 4.39. The molecule has 2 N–H and O–H groups in total. The van der Waals surface area contributed by atoms with Gasteiger partial charge in [-0.05, 0) is 24.6 Å². The van der Waals surface area contributed by atoms with Crippen LogP contribution in [-0.2, 0) is 0 Å². The van der Waals surface area contributed by atoms with Crippen LogP contribution in [0.4, 0.5) is 4.39 Å². The highest BCUT2D eigenvalue weighted by atomic mass is 32.1. The van der Waals surface area contributed by atoms with Gasteiger partial charge in [0, 0.05) is 6.20 Å². The molecule has 3 rings (SSSR count). The molecule has 112 valence electrons. The van der Waals surface area contributed by atoms with E-state index < -0.39 is 5.82 Å². The fraction of sp³-hybridized carbons (Fsp3) is 0.154. The monoisotopic (exact) mass is 317 g/mol. The molecule has 1 unspecified atom stereocenters. The van der Waals surface area contributed by atoms with Crippen molar-refractivity contribution in [1.82, 2.24) is 35.5 Å². The summed E-state index contributed by atoms with van der Waals surface area (Å²) < 4.78 is 15.7. The molecule has 0 saturated carbocycles. The lowest BCUT2D eigenvalue weighted by atomic mass is 10.0. The largest absolute Gasteiger partial charge is 0.367 e. The number of hydrogen-bond donors (Lipinski definition) is 2. The Morgan fingerprint density at radius 3 is 2.91 bits per heavy atom. The Kier molecular flexibility index (Phi) is 3.88. The van der Waals surface area contributed by atoms with Gasteiger partial charge in [0.1, 0.15) is 29.9 Å². The van der Waals surface area contributed by atoms with Gasteiger partial charge in [-0.25, -0.2) is 14.1 Å². The van der Waals surface area contributed by atoms with Crippen molar-refractivity contribution in [3.8, 4) is 5.69 Å². The SMILES string of the molecule is CC(=S)NC(c1ccc(-n2cncn2)c(F)c1)c1c[nH]nn1. The fourth-order valence-corrected chi connectivity index (χ4v) is 2.22. The zero-order valence-corrected chi connectivity index (χ0v) is 12.4. The molecule has 2 aromatic heterocycles. The van der Waals surface area contributed by atoms with E-state index in [4.69, 9.17) is 12.2 Å². The zero-order chi connectivity index (χ0) is 15.5. The molecule has 0 aliphatic rings. The smallest absolute Gasteiger partial charge is 0.149 e. The molecule has 0 radical (unpaired) electrons. The first-order valence-corrected chi connectivity index (χ1v) is 6.84. The molecule has 3 aromatic rings. The van der Waals surface area contributed by atoms with Gasteiger partial charge in [-0.15, -0.1) is 5.10 Å². The minimum absolute atomic E-state index is 0.319. The lowest BCUT2D eigenvalue weighted by Crippen LogP contribution is -2.26. The third-order valence-corrected chi connectivity index (χ3v) is 3.17. The van der Waals surface area contributed by atoms with Crippen LogP contribution in [0.5, 0.6) is 0 Å².